The number of alkyl halides is 1. The summed E-state index contributed by atoms with van der Waals surface area (Å²) in [6, 6.07) is 8.54. The molecule has 2 aromatic rings. The van der Waals surface area contributed by atoms with E-state index in [1.54, 1.807) is 64.2 Å². The number of halogens is 2. The molecule has 0 saturated carbocycles. The Balaban J connectivity index is 1.68. The van der Waals surface area contributed by atoms with Crippen LogP contribution in [0.2, 0.25) is 5.15 Å². The van der Waals surface area contributed by atoms with Gasteiger partial charge in [0.15, 0.2) is 10.8 Å². The van der Waals surface area contributed by atoms with Crippen LogP contribution in [-0.4, -0.2) is 52.5 Å². The van der Waals surface area contributed by atoms with Gasteiger partial charge in [-0.05, 0) is 43.4 Å². The molecule has 1 fully saturated rings. The van der Waals surface area contributed by atoms with E-state index in [0.29, 0.717) is 22.5 Å². The summed E-state index contributed by atoms with van der Waals surface area (Å²) >= 11 is 6.34. The lowest BCUT2D eigenvalue weighted by atomic mass is 9.83. The zero-order valence-electron chi connectivity index (χ0n) is 23.2. The molecule has 10 heteroatoms. The Morgan fingerprint density at radius 3 is 2.54 bits per heavy atom. The molecule has 39 heavy (non-hydrogen) atoms. The van der Waals surface area contributed by atoms with Crippen molar-refractivity contribution >= 4 is 41.3 Å². The van der Waals surface area contributed by atoms with Crippen molar-refractivity contribution in [1.29, 1.82) is 0 Å². The largest absolute Gasteiger partial charge is 0.459 e. The number of anilines is 1. The minimum Gasteiger partial charge on any atom is -0.459 e. The number of carbonyl (C=O) groups excluding carboxylic acids is 2. The molecule has 1 aromatic heterocycles. The Morgan fingerprint density at radius 1 is 1.28 bits per heavy atom. The van der Waals surface area contributed by atoms with E-state index in [4.69, 9.17) is 21.1 Å². The van der Waals surface area contributed by atoms with Gasteiger partial charge in [0.05, 0.1) is 17.4 Å². The molecule has 210 valence electrons. The number of amides is 1. The molecule has 0 spiro atoms. The summed E-state index contributed by atoms with van der Waals surface area (Å²) in [7, 11) is 0. The minimum atomic E-state index is -1.84. The number of aryl methyl sites for hydroxylation is 1. The van der Waals surface area contributed by atoms with Crippen molar-refractivity contribution < 1.29 is 23.5 Å². The lowest BCUT2D eigenvalue weighted by molar-refractivity contribution is -0.118. The Kier molecular flexibility index (Phi) is 9.96. The van der Waals surface area contributed by atoms with Gasteiger partial charge in [-0.25, -0.2) is 14.2 Å². The average Bonchev–Trinajstić information content (AvgIpc) is 3.24. The van der Waals surface area contributed by atoms with Gasteiger partial charge in [0.25, 0.3) is 0 Å². The maximum Gasteiger partial charge on any atom is 0.338 e. The van der Waals surface area contributed by atoms with E-state index >= 15 is 4.39 Å². The number of aromatic nitrogens is 2. The number of ether oxygens (including phenoxy) is 2. The first kappa shape index (κ1) is 30.4. The van der Waals surface area contributed by atoms with E-state index in [0.717, 1.165) is 0 Å². The molecule has 1 aliphatic rings. The fourth-order valence-corrected chi connectivity index (χ4v) is 4.45. The van der Waals surface area contributed by atoms with E-state index in [1.165, 1.54) is 0 Å². The lowest BCUT2D eigenvalue weighted by Crippen LogP contribution is -2.38. The molecule has 1 N–H and O–H groups in total. The van der Waals surface area contributed by atoms with Crippen LogP contribution in [0.5, 0.6) is 0 Å². The number of esters is 1. The van der Waals surface area contributed by atoms with Gasteiger partial charge >= 0.3 is 5.97 Å². The van der Waals surface area contributed by atoms with Crippen molar-refractivity contribution in [2.45, 2.75) is 65.8 Å². The van der Waals surface area contributed by atoms with Crippen LogP contribution in [-0.2, 0) is 14.3 Å². The van der Waals surface area contributed by atoms with Gasteiger partial charge in [0.1, 0.15) is 18.4 Å². The SMILES string of the molecule is C=C(C)C1(F)C[C@H](C(C)C(C)/C=N\c2c(C)nc(NC(=O)C(C)C)nc2Cl)O[C@@H]1COC(=O)c1ccccc1. The molecule has 0 radical (unpaired) electrons. The second-order valence-electron chi connectivity index (χ2n) is 10.4. The highest BCUT2D eigenvalue weighted by Gasteiger charge is 2.52. The Hall–Kier alpha value is -3.17. The topological polar surface area (TPSA) is 103 Å². The molecule has 1 aromatic carbocycles. The third-order valence-corrected chi connectivity index (χ3v) is 7.33. The number of aliphatic imine (C=N–C) groups is 1. The van der Waals surface area contributed by atoms with E-state index in [-0.39, 0.29) is 47.8 Å². The fourth-order valence-electron chi connectivity index (χ4n) is 4.19. The van der Waals surface area contributed by atoms with Gasteiger partial charge in [-0.1, -0.05) is 64.1 Å². The van der Waals surface area contributed by atoms with Gasteiger partial charge in [-0.15, -0.1) is 0 Å². The Labute approximate surface area is 234 Å². The van der Waals surface area contributed by atoms with Crippen molar-refractivity contribution in [2.75, 3.05) is 11.9 Å². The van der Waals surface area contributed by atoms with Gasteiger partial charge in [-0.2, -0.15) is 4.98 Å². The predicted molar refractivity (Wildman–Crippen MR) is 150 cm³/mol. The van der Waals surface area contributed by atoms with Crippen LogP contribution < -0.4 is 5.32 Å². The molecular weight excluding hydrogens is 523 g/mol. The molecule has 1 aliphatic heterocycles. The van der Waals surface area contributed by atoms with E-state index in [9.17, 15) is 9.59 Å². The highest BCUT2D eigenvalue weighted by atomic mass is 35.5. The van der Waals surface area contributed by atoms with Gasteiger partial charge in [0, 0.05) is 18.6 Å². The highest BCUT2D eigenvalue weighted by Crippen LogP contribution is 2.43. The number of carbonyl (C=O) groups is 2. The second-order valence-corrected chi connectivity index (χ2v) is 10.7. The van der Waals surface area contributed by atoms with Crippen LogP contribution in [0.25, 0.3) is 0 Å². The van der Waals surface area contributed by atoms with Crippen LogP contribution in [0.3, 0.4) is 0 Å². The molecule has 3 rings (SSSR count). The maximum absolute atomic E-state index is 16.0. The number of nitrogens with zero attached hydrogens (tertiary/aromatic N) is 3. The molecule has 5 atom stereocenters. The molecule has 2 heterocycles. The molecule has 8 nitrogen and oxygen atoms in total. The van der Waals surface area contributed by atoms with Crippen molar-refractivity contribution in [3.63, 3.8) is 0 Å². The first-order valence-corrected chi connectivity index (χ1v) is 13.3. The van der Waals surface area contributed by atoms with Crippen LogP contribution in [0.15, 0.2) is 47.5 Å². The van der Waals surface area contributed by atoms with Crippen molar-refractivity contribution in [3.8, 4) is 0 Å². The van der Waals surface area contributed by atoms with E-state index in [2.05, 4.69) is 26.9 Å². The van der Waals surface area contributed by atoms with Crippen molar-refractivity contribution in [3.05, 3.63) is 58.9 Å². The molecular formula is C29H36ClFN4O4. The fraction of sp³-hybridized carbons (Fsp3) is 0.483. The van der Waals surface area contributed by atoms with Crippen LogP contribution >= 0.6 is 11.6 Å². The summed E-state index contributed by atoms with van der Waals surface area (Å²) in [5.74, 6) is -1.13. The van der Waals surface area contributed by atoms with Gasteiger partial charge in [0.2, 0.25) is 11.9 Å². The molecule has 1 amide bonds. The number of benzene rings is 1. The summed E-state index contributed by atoms with van der Waals surface area (Å²) in [5.41, 5.74) is -0.232. The Morgan fingerprint density at radius 2 is 1.95 bits per heavy atom. The quantitative estimate of drug-likeness (QED) is 0.159. The number of nitrogens with one attached hydrogen (secondary N) is 1. The van der Waals surface area contributed by atoms with Gasteiger partial charge in [-0.3, -0.25) is 15.1 Å². The first-order valence-electron chi connectivity index (χ1n) is 12.9. The number of hydrogen-bond acceptors (Lipinski definition) is 7. The summed E-state index contributed by atoms with van der Waals surface area (Å²) in [5, 5.41) is 2.74. The second kappa shape index (κ2) is 12.8. The van der Waals surface area contributed by atoms with Crippen molar-refractivity contribution in [1.82, 2.24) is 9.97 Å². The Bertz CT molecular complexity index is 1220. The minimum absolute atomic E-state index is 0.0857. The summed E-state index contributed by atoms with van der Waals surface area (Å²) in [4.78, 5) is 37.3. The summed E-state index contributed by atoms with van der Waals surface area (Å²) < 4.78 is 27.6. The molecule has 3 unspecified atom stereocenters. The van der Waals surface area contributed by atoms with Crippen LogP contribution in [0, 0.1) is 24.7 Å². The normalized spacial score (nSPS) is 22.6. The number of rotatable bonds is 10. The van der Waals surface area contributed by atoms with Crippen LogP contribution in [0.4, 0.5) is 16.0 Å². The third kappa shape index (κ3) is 7.28. The van der Waals surface area contributed by atoms with Gasteiger partial charge < -0.3 is 9.47 Å². The first-order chi connectivity index (χ1) is 18.3. The predicted octanol–water partition coefficient (Wildman–Crippen LogP) is 6.31. The molecule has 0 aliphatic carbocycles. The zero-order valence-corrected chi connectivity index (χ0v) is 24.0. The zero-order chi connectivity index (χ0) is 28.9. The molecule has 1 saturated heterocycles. The third-order valence-electron chi connectivity index (χ3n) is 7.06. The monoisotopic (exact) mass is 558 g/mol. The smallest absolute Gasteiger partial charge is 0.338 e. The maximum atomic E-state index is 16.0. The van der Waals surface area contributed by atoms with Crippen LogP contribution in [0.1, 0.15) is 57.1 Å². The summed E-state index contributed by atoms with van der Waals surface area (Å²) in [6.07, 6.45) is 0.358. The van der Waals surface area contributed by atoms with E-state index < -0.39 is 23.8 Å². The lowest BCUT2D eigenvalue weighted by Gasteiger charge is -2.25. The highest BCUT2D eigenvalue weighted by molar-refractivity contribution is 6.32. The standard InChI is InChI=1S/C29H36ClFN4O4/c1-16(2)26(36)35-28-33-20(7)24(25(30)34-28)32-14-18(5)19(6)22-13-29(31,17(3)4)23(39-22)15-38-27(37)21-11-9-8-10-12-21/h8-12,14,16,18-19,22-23H,3,13,15H2,1-2,4-7H3,(H,33,34,35,36)/b32-14-/t18?,19?,22-,23-,29?/m1/s1. The number of hydrogen-bond donors (Lipinski definition) is 1. The summed E-state index contributed by atoms with van der Waals surface area (Å²) in [6.45, 7) is 14.4. The van der Waals surface area contributed by atoms with E-state index in [1.807, 2.05) is 13.8 Å². The molecule has 0 bridgehead atoms. The average molecular weight is 559 g/mol. The van der Waals surface area contributed by atoms with Crippen molar-refractivity contribution in [2.24, 2.45) is 22.7 Å².